The van der Waals surface area contributed by atoms with Gasteiger partial charge < -0.3 is 10.1 Å². The van der Waals surface area contributed by atoms with E-state index in [0.717, 1.165) is 12.2 Å². The van der Waals surface area contributed by atoms with Gasteiger partial charge in [-0.15, -0.1) is 0 Å². The summed E-state index contributed by atoms with van der Waals surface area (Å²) in [7, 11) is 0. The van der Waals surface area contributed by atoms with E-state index in [4.69, 9.17) is 0 Å². The highest BCUT2D eigenvalue weighted by molar-refractivity contribution is 5.90. The lowest BCUT2D eigenvalue weighted by Crippen LogP contribution is -2.26. The number of carbonyl (C=O) groups is 2. The van der Waals surface area contributed by atoms with Crippen molar-refractivity contribution in [1.82, 2.24) is 5.32 Å². The Morgan fingerprint density at radius 2 is 2.25 bits per heavy atom. The molecular weight excluding hydrogens is 165 g/mol. The van der Waals surface area contributed by atoms with Crippen LogP contribution in [0.1, 0.15) is 0 Å². The third kappa shape index (κ3) is 5.16. The van der Waals surface area contributed by atoms with Crippen molar-refractivity contribution in [2.24, 2.45) is 0 Å². The van der Waals surface area contributed by atoms with Gasteiger partial charge >= 0.3 is 12.1 Å². The molecule has 1 N–H and O–H groups in total. The van der Waals surface area contributed by atoms with E-state index in [1.807, 2.05) is 0 Å². The van der Waals surface area contributed by atoms with Gasteiger partial charge in [-0.05, 0) is 6.08 Å². The Balaban J connectivity index is 3.59. The molecule has 0 aliphatic carbocycles. The van der Waals surface area contributed by atoms with Gasteiger partial charge in [0.25, 0.3) is 0 Å². The average molecular weight is 173 g/mol. The fourth-order valence-electron chi connectivity index (χ4n) is 0.356. The van der Waals surface area contributed by atoms with Crippen LogP contribution in [-0.4, -0.2) is 18.6 Å². The molecule has 5 heteroatoms. The molecule has 0 bridgehead atoms. The molecule has 4 nitrogen and oxygen atoms in total. The van der Waals surface area contributed by atoms with E-state index in [0.29, 0.717) is 0 Å². The SMILES string of the molecule is C=CC(=O)OC(=O)NCC=CF. The highest BCUT2D eigenvalue weighted by Gasteiger charge is 2.03. The van der Waals surface area contributed by atoms with Gasteiger partial charge in [0, 0.05) is 12.6 Å². The van der Waals surface area contributed by atoms with Gasteiger partial charge in [-0.2, -0.15) is 0 Å². The molecule has 0 rings (SSSR count). The Bertz CT molecular complexity index is 213. The zero-order valence-electron chi connectivity index (χ0n) is 6.25. The van der Waals surface area contributed by atoms with E-state index in [9.17, 15) is 14.0 Å². The predicted molar refractivity (Wildman–Crippen MR) is 39.9 cm³/mol. The summed E-state index contributed by atoms with van der Waals surface area (Å²) in [5, 5.41) is 2.09. The van der Waals surface area contributed by atoms with Gasteiger partial charge in [0.15, 0.2) is 0 Å². The van der Waals surface area contributed by atoms with Crippen LogP contribution in [0.3, 0.4) is 0 Å². The van der Waals surface area contributed by atoms with E-state index >= 15 is 0 Å². The van der Waals surface area contributed by atoms with Crippen LogP contribution in [0, 0.1) is 0 Å². The van der Waals surface area contributed by atoms with Gasteiger partial charge in [-0.3, -0.25) is 0 Å². The number of ether oxygens (including phenoxy) is 1. The van der Waals surface area contributed by atoms with Crippen LogP contribution in [0.2, 0.25) is 0 Å². The Kier molecular flexibility index (Phi) is 5.25. The number of hydrogen-bond donors (Lipinski definition) is 1. The predicted octanol–water partition coefficient (Wildman–Crippen LogP) is 0.908. The van der Waals surface area contributed by atoms with Crippen molar-refractivity contribution in [2.45, 2.75) is 0 Å². The number of hydrogen-bond acceptors (Lipinski definition) is 3. The summed E-state index contributed by atoms with van der Waals surface area (Å²) < 4.78 is 15.4. The second kappa shape index (κ2) is 6.09. The number of amides is 1. The first-order valence-corrected chi connectivity index (χ1v) is 3.08. The molecule has 0 aliphatic heterocycles. The van der Waals surface area contributed by atoms with E-state index in [1.165, 1.54) is 0 Å². The zero-order valence-corrected chi connectivity index (χ0v) is 6.25. The first-order valence-electron chi connectivity index (χ1n) is 3.08. The minimum Gasteiger partial charge on any atom is -0.373 e. The topological polar surface area (TPSA) is 55.4 Å². The Hall–Kier alpha value is -1.65. The maximum atomic E-state index is 11.3. The third-order valence-electron chi connectivity index (χ3n) is 0.813. The molecule has 0 radical (unpaired) electrons. The quantitative estimate of drug-likeness (QED) is 0.392. The highest BCUT2D eigenvalue weighted by Crippen LogP contribution is 1.81. The first kappa shape index (κ1) is 10.3. The fourth-order valence-corrected chi connectivity index (χ4v) is 0.356. The van der Waals surface area contributed by atoms with Gasteiger partial charge in [-0.25, -0.2) is 14.0 Å². The lowest BCUT2D eigenvalue weighted by Gasteiger charge is -1.99. The summed E-state index contributed by atoms with van der Waals surface area (Å²) in [6, 6.07) is 0. The maximum Gasteiger partial charge on any atom is 0.415 e. The summed E-state index contributed by atoms with van der Waals surface area (Å²) in [5.41, 5.74) is 0. The average Bonchev–Trinajstić information content (AvgIpc) is 2.05. The third-order valence-corrected chi connectivity index (χ3v) is 0.813. The van der Waals surface area contributed by atoms with Crippen molar-refractivity contribution in [3.05, 3.63) is 25.1 Å². The first-order chi connectivity index (χ1) is 5.70. The molecule has 0 heterocycles. The molecule has 0 aromatic heterocycles. The summed E-state index contributed by atoms with van der Waals surface area (Å²) >= 11 is 0. The monoisotopic (exact) mass is 173 g/mol. The van der Waals surface area contributed by atoms with Crippen LogP contribution >= 0.6 is 0 Å². The minimum absolute atomic E-state index is 0.0280. The minimum atomic E-state index is -0.932. The summed E-state index contributed by atoms with van der Waals surface area (Å²) in [6.45, 7) is 3.05. The molecule has 1 amide bonds. The number of carbonyl (C=O) groups excluding carboxylic acids is 2. The van der Waals surface area contributed by atoms with Crippen LogP contribution < -0.4 is 5.32 Å². The van der Waals surface area contributed by atoms with Gasteiger partial charge in [0.05, 0.1) is 6.33 Å². The lowest BCUT2D eigenvalue weighted by atomic mass is 10.6. The molecule has 0 aromatic rings. The van der Waals surface area contributed by atoms with Gasteiger partial charge in [0.1, 0.15) is 0 Å². The Morgan fingerprint density at radius 1 is 1.58 bits per heavy atom. The largest absolute Gasteiger partial charge is 0.415 e. The van der Waals surface area contributed by atoms with Crippen LogP contribution in [0.5, 0.6) is 0 Å². The summed E-state index contributed by atoms with van der Waals surface area (Å²) in [6.07, 6.45) is 1.25. The van der Waals surface area contributed by atoms with E-state index in [1.54, 1.807) is 0 Å². The van der Waals surface area contributed by atoms with E-state index in [-0.39, 0.29) is 12.9 Å². The van der Waals surface area contributed by atoms with Crippen molar-refractivity contribution >= 4 is 12.1 Å². The number of nitrogens with one attached hydrogen (secondary N) is 1. The van der Waals surface area contributed by atoms with E-state index < -0.39 is 12.1 Å². The maximum absolute atomic E-state index is 11.3. The number of esters is 1. The van der Waals surface area contributed by atoms with Crippen molar-refractivity contribution in [3.63, 3.8) is 0 Å². The Morgan fingerprint density at radius 3 is 2.75 bits per heavy atom. The van der Waals surface area contributed by atoms with Crippen LogP contribution in [0.15, 0.2) is 25.1 Å². The molecule has 0 unspecified atom stereocenters. The number of halogens is 1. The van der Waals surface area contributed by atoms with Crippen molar-refractivity contribution < 1.29 is 18.7 Å². The molecule has 66 valence electrons. The second-order valence-electron chi connectivity index (χ2n) is 1.66. The van der Waals surface area contributed by atoms with Gasteiger partial charge in [-0.1, -0.05) is 6.58 Å². The lowest BCUT2D eigenvalue weighted by molar-refractivity contribution is -0.131. The van der Waals surface area contributed by atoms with Crippen molar-refractivity contribution in [1.29, 1.82) is 0 Å². The van der Waals surface area contributed by atoms with Crippen molar-refractivity contribution in [2.75, 3.05) is 6.54 Å². The molecule has 0 saturated carbocycles. The summed E-state index contributed by atoms with van der Waals surface area (Å²) in [4.78, 5) is 20.9. The normalized spacial score (nSPS) is 9.42. The van der Waals surface area contributed by atoms with E-state index in [2.05, 4.69) is 16.6 Å². The number of alkyl carbamates (subject to hydrolysis) is 1. The zero-order chi connectivity index (χ0) is 9.40. The molecular formula is C7H8FNO3. The molecule has 0 aromatic carbocycles. The molecule has 0 fully saturated rings. The molecule has 0 aliphatic rings. The highest BCUT2D eigenvalue weighted by atomic mass is 19.1. The summed E-state index contributed by atoms with van der Waals surface area (Å²) in [5.74, 6) is -0.850. The smallest absolute Gasteiger partial charge is 0.373 e. The van der Waals surface area contributed by atoms with Crippen LogP contribution in [0.4, 0.5) is 9.18 Å². The molecule has 0 spiro atoms. The van der Waals surface area contributed by atoms with Gasteiger partial charge in [0.2, 0.25) is 0 Å². The van der Waals surface area contributed by atoms with Crippen LogP contribution in [0.25, 0.3) is 0 Å². The number of rotatable bonds is 3. The second-order valence-corrected chi connectivity index (χ2v) is 1.66. The fraction of sp³-hybridized carbons (Fsp3) is 0.143. The van der Waals surface area contributed by atoms with Crippen LogP contribution in [-0.2, 0) is 9.53 Å². The molecule has 12 heavy (non-hydrogen) atoms. The molecule has 0 atom stereocenters. The molecule has 0 saturated heterocycles. The van der Waals surface area contributed by atoms with Crippen molar-refractivity contribution in [3.8, 4) is 0 Å². The standard InChI is InChI=1S/C7H8FNO3/c1-2-6(10)12-7(11)9-5-3-4-8/h2-4H,1,5H2,(H,9,11). The Labute approximate surface area is 68.7 Å².